The number of halogens is 2. The zero-order valence-electron chi connectivity index (χ0n) is 15.4. The SMILES string of the molecule is C=Cc1c(C(=O)OC)c(-c2ccc(Cl)c(Cl)c2)c(C=C)n1Cc1ccccc1. The first kappa shape index (κ1) is 20.0. The minimum Gasteiger partial charge on any atom is -0.465 e. The van der Waals surface area contributed by atoms with Gasteiger partial charge in [-0.05, 0) is 35.4 Å². The lowest BCUT2D eigenvalue weighted by atomic mass is 10.00. The quantitative estimate of drug-likeness (QED) is 0.428. The van der Waals surface area contributed by atoms with Crippen molar-refractivity contribution in [2.45, 2.75) is 6.54 Å². The number of hydrogen-bond acceptors (Lipinski definition) is 2. The number of methoxy groups -OCH3 is 1. The average molecular weight is 412 g/mol. The zero-order valence-corrected chi connectivity index (χ0v) is 16.9. The number of carbonyl (C=O) groups excluding carboxylic acids is 1. The monoisotopic (exact) mass is 411 g/mol. The average Bonchev–Trinajstić information content (AvgIpc) is 3.03. The maximum absolute atomic E-state index is 12.7. The Labute approximate surface area is 174 Å². The van der Waals surface area contributed by atoms with Crippen LogP contribution in [0.3, 0.4) is 0 Å². The molecule has 1 aromatic heterocycles. The first-order chi connectivity index (χ1) is 13.5. The van der Waals surface area contributed by atoms with E-state index in [9.17, 15) is 4.79 Å². The van der Waals surface area contributed by atoms with Gasteiger partial charge < -0.3 is 9.30 Å². The highest BCUT2D eigenvalue weighted by Crippen LogP contribution is 2.38. The van der Waals surface area contributed by atoms with E-state index in [1.807, 2.05) is 41.0 Å². The van der Waals surface area contributed by atoms with Crippen LogP contribution in [0.25, 0.3) is 23.3 Å². The standard InChI is InChI=1S/C23H19Cl2NO2/c1-4-19-21(16-11-12-17(24)18(25)13-16)22(23(27)28-3)20(5-2)26(19)14-15-9-7-6-8-10-15/h4-13H,1-2,14H2,3H3. The topological polar surface area (TPSA) is 31.2 Å². The highest BCUT2D eigenvalue weighted by Gasteiger charge is 2.26. The van der Waals surface area contributed by atoms with Crippen LogP contribution < -0.4 is 0 Å². The molecule has 0 aliphatic heterocycles. The molecule has 2 aromatic carbocycles. The molecule has 3 rings (SSSR count). The van der Waals surface area contributed by atoms with Crippen LogP contribution in [0.15, 0.2) is 61.7 Å². The fraction of sp³-hybridized carbons (Fsp3) is 0.0870. The summed E-state index contributed by atoms with van der Waals surface area (Å²) in [6.07, 6.45) is 3.38. The number of nitrogens with zero attached hydrogens (tertiary/aromatic N) is 1. The Morgan fingerprint density at radius 1 is 1.04 bits per heavy atom. The van der Waals surface area contributed by atoms with E-state index in [4.69, 9.17) is 27.9 Å². The van der Waals surface area contributed by atoms with Crippen molar-refractivity contribution in [2.24, 2.45) is 0 Å². The zero-order chi connectivity index (χ0) is 20.3. The van der Waals surface area contributed by atoms with E-state index in [0.29, 0.717) is 33.4 Å². The molecule has 0 aliphatic carbocycles. The van der Waals surface area contributed by atoms with Gasteiger partial charge in [0, 0.05) is 17.8 Å². The van der Waals surface area contributed by atoms with E-state index in [-0.39, 0.29) is 0 Å². The van der Waals surface area contributed by atoms with Crippen LogP contribution in [0.5, 0.6) is 0 Å². The third-order valence-electron chi connectivity index (χ3n) is 4.51. The number of aromatic nitrogens is 1. The van der Waals surface area contributed by atoms with Crippen molar-refractivity contribution < 1.29 is 9.53 Å². The van der Waals surface area contributed by atoms with Gasteiger partial charge in [0.1, 0.15) is 0 Å². The lowest BCUT2D eigenvalue weighted by Gasteiger charge is -2.11. The summed E-state index contributed by atoms with van der Waals surface area (Å²) < 4.78 is 7.06. The number of benzene rings is 2. The van der Waals surface area contributed by atoms with Crippen LogP contribution in [0, 0.1) is 0 Å². The normalized spacial score (nSPS) is 10.5. The van der Waals surface area contributed by atoms with Crippen molar-refractivity contribution in [1.29, 1.82) is 0 Å². The second-order valence-corrected chi connectivity index (χ2v) is 6.94. The van der Waals surface area contributed by atoms with E-state index in [2.05, 4.69) is 13.2 Å². The summed E-state index contributed by atoms with van der Waals surface area (Å²) in [7, 11) is 1.36. The van der Waals surface area contributed by atoms with Gasteiger partial charge in [0.05, 0.1) is 28.4 Å². The van der Waals surface area contributed by atoms with Crippen molar-refractivity contribution in [1.82, 2.24) is 4.57 Å². The van der Waals surface area contributed by atoms with Crippen LogP contribution in [-0.2, 0) is 11.3 Å². The Balaban J connectivity index is 2.33. The van der Waals surface area contributed by atoms with Crippen molar-refractivity contribution in [2.75, 3.05) is 7.11 Å². The summed E-state index contributed by atoms with van der Waals surface area (Å²) in [6.45, 7) is 8.43. The summed E-state index contributed by atoms with van der Waals surface area (Å²) in [6, 6.07) is 15.2. The fourth-order valence-electron chi connectivity index (χ4n) is 3.27. The van der Waals surface area contributed by atoms with E-state index in [1.165, 1.54) is 7.11 Å². The minimum absolute atomic E-state index is 0.404. The second kappa shape index (κ2) is 8.51. The summed E-state index contributed by atoms with van der Waals surface area (Å²) in [4.78, 5) is 12.7. The fourth-order valence-corrected chi connectivity index (χ4v) is 3.57. The molecule has 1 heterocycles. The maximum Gasteiger partial charge on any atom is 0.340 e. The van der Waals surface area contributed by atoms with Gasteiger partial charge in [-0.25, -0.2) is 4.79 Å². The smallest absolute Gasteiger partial charge is 0.340 e. The molecule has 0 radical (unpaired) electrons. The highest BCUT2D eigenvalue weighted by molar-refractivity contribution is 6.42. The Kier molecular flexibility index (Phi) is 6.08. The Hall–Kier alpha value is -2.75. The highest BCUT2D eigenvalue weighted by atomic mass is 35.5. The molecule has 0 atom stereocenters. The van der Waals surface area contributed by atoms with Crippen LogP contribution in [0.2, 0.25) is 10.0 Å². The maximum atomic E-state index is 12.7. The van der Waals surface area contributed by atoms with E-state index >= 15 is 0 Å². The minimum atomic E-state index is -0.453. The van der Waals surface area contributed by atoms with Gasteiger partial charge in [-0.15, -0.1) is 0 Å². The number of ether oxygens (including phenoxy) is 1. The van der Waals surface area contributed by atoms with Gasteiger partial charge in [0.15, 0.2) is 0 Å². The lowest BCUT2D eigenvalue weighted by molar-refractivity contribution is 0.0601. The summed E-state index contributed by atoms with van der Waals surface area (Å²) in [5.74, 6) is -0.453. The molecule has 3 nitrogen and oxygen atoms in total. The largest absolute Gasteiger partial charge is 0.465 e. The summed E-state index contributed by atoms with van der Waals surface area (Å²) >= 11 is 12.3. The van der Waals surface area contributed by atoms with Crippen LogP contribution in [0.1, 0.15) is 27.3 Å². The number of carbonyl (C=O) groups is 1. The van der Waals surface area contributed by atoms with Crippen molar-refractivity contribution in [3.63, 3.8) is 0 Å². The molecule has 142 valence electrons. The van der Waals surface area contributed by atoms with Crippen LogP contribution >= 0.6 is 23.2 Å². The molecular weight excluding hydrogens is 393 g/mol. The second-order valence-electron chi connectivity index (χ2n) is 6.12. The molecule has 0 aliphatic rings. The van der Waals surface area contributed by atoms with Crippen molar-refractivity contribution in [3.05, 3.63) is 94.2 Å². The van der Waals surface area contributed by atoms with E-state index in [0.717, 1.165) is 16.8 Å². The predicted molar refractivity (Wildman–Crippen MR) is 117 cm³/mol. The molecule has 0 unspecified atom stereocenters. The van der Waals surface area contributed by atoms with Gasteiger partial charge in [-0.1, -0.05) is 72.8 Å². The number of rotatable bonds is 6. The molecule has 0 spiro atoms. The van der Waals surface area contributed by atoms with Gasteiger partial charge in [0.2, 0.25) is 0 Å². The lowest BCUT2D eigenvalue weighted by Crippen LogP contribution is -2.07. The number of hydrogen-bond donors (Lipinski definition) is 0. The molecule has 0 N–H and O–H groups in total. The van der Waals surface area contributed by atoms with Crippen molar-refractivity contribution in [3.8, 4) is 11.1 Å². The summed E-state index contributed by atoms with van der Waals surface area (Å²) in [5.41, 5.74) is 4.37. The third-order valence-corrected chi connectivity index (χ3v) is 5.25. The van der Waals surface area contributed by atoms with Crippen LogP contribution in [0.4, 0.5) is 0 Å². The van der Waals surface area contributed by atoms with Gasteiger partial charge in [-0.2, -0.15) is 0 Å². The van der Waals surface area contributed by atoms with Gasteiger partial charge in [0.25, 0.3) is 0 Å². The molecule has 0 saturated carbocycles. The number of esters is 1. The molecular formula is C23H19Cl2NO2. The molecule has 5 heteroatoms. The molecule has 0 fully saturated rings. The van der Waals surface area contributed by atoms with Crippen LogP contribution in [-0.4, -0.2) is 17.6 Å². The molecule has 0 saturated heterocycles. The Bertz CT molecular complexity index is 1050. The van der Waals surface area contributed by atoms with E-state index in [1.54, 1.807) is 24.3 Å². The first-order valence-corrected chi connectivity index (χ1v) is 9.36. The Morgan fingerprint density at radius 2 is 1.71 bits per heavy atom. The van der Waals surface area contributed by atoms with Crippen molar-refractivity contribution >= 4 is 41.3 Å². The van der Waals surface area contributed by atoms with Gasteiger partial charge >= 0.3 is 5.97 Å². The molecule has 3 aromatic rings. The third kappa shape index (κ3) is 3.64. The van der Waals surface area contributed by atoms with Gasteiger partial charge in [-0.3, -0.25) is 0 Å². The predicted octanol–water partition coefficient (Wildman–Crippen LogP) is 6.58. The first-order valence-electron chi connectivity index (χ1n) is 8.60. The summed E-state index contributed by atoms with van der Waals surface area (Å²) in [5, 5.41) is 0.846. The molecule has 0 bridgehead atoms. The molecule has 28 heavy (non-hydrogen) atoms. The Morgan fingerprint density at radius 3 is 2.29 bits per heavy atom. The molecule has 0 amide bonds. The van der Waals surface area contributed by atoms with E-state index < -0.39 is 5.97 Å².